The number of para-hydroxylation sites is 5. The number of fused-ring (bicyclic) bond motifs is 8. The second kappa shape index (κ2) is 19.0. The Hall–Kier alpha value is -10.5. The third kappa shape index (κ3) is 7.90. The van der Waals surface area contributed by atoms with E-state index in [1.54, 1.807) is 0 Å². The van der Waals surface area contributed by atoms with Gasteiger partial charge in [0, 0.05) is 67.7 Å². The molecule has 3 aromatic heterocycles. The van der Waals surface area contributed by atoms with Crippen molar-refractivity contribution in [3.63, 3.8) is 0 Å². The summed E-state index contributed by atoms with van der Waals surface area (Å²) in [5.41, 5.74) is 22.2. The number of aromatic nitrogens is 4. The molecule has 0 fully saturated rings. The van der Waals surface area contributed by atoms with Gasteiger partial charge in [-0.2, -0.15) is 0 Å². The zero-order valence-electron chi connectivity index (χ0n) is 43.3. The molecule has 11 aromatic carbocycles. The van der Waals surface area contributed by atoms with Crippen molar-refractivity contribution in [2.45, 2.75) is 0 Å². The largest absolute Gasteiger partial charge is 0.337 e. The molecule has 14 aromatic rings. The molecule has 79 heavy (non-hydrogen) atoms. The number of allylic oxidation sites excluding steroid dienone is 4. The number of hydrogen-bond donors (Lipinski definition) is 0. The first-order valence-corrected chi connectivity index (χ1v) is 27.0. The van der Waals surface area contributed by atoms with E-state index in [0.717, 1.165) is 95.3 Å². The number of benzene rings is 11. The Morgan fingerprint density at radius 2 is 0.823 bits per heavy atom. The van der Waals surface area contributed by atoms with Crippen molar-refractivity contribution in [3.8, 4) is 50.7 Å². The number of nitrogens with zero attached hydrogens (tertiary/aromatic N) is 5. The van der Waals surface area contributed by atoms with E-state index < -0.39 is 0 Å². The third-order valence-corrected chi connectivity index (χ3v) is 15.8. The smallest absolute Gasteiger partial charge is 0.145 e. The van der Waals surface area contributed by atoms with Gasteiger partial charge in [-0.1, -0.05) is 164 Å². The van der Waals surface area contributed by atoms with E-state index in [-0.39, 0.29) is 0 Å². The van der Waals surface area contributed by atoms with Gasteiger partial charge in [-0.05, 0) is 166 Å². The van der Waals surface area contributed by atoms with E-state index in [1.807, 2.05) is 0 Å². The Labute approximate surface area is 458 Å². The molecule has 1 aliphatic rings. The molecule has 1 aliphatic heterocycles. The van der Waals surface area contributed by atoms with Crippen LogP contribution in [0.2, 0.25) is 0 Å². The highest BCUT2D eigenvalue weighted by molar-refractivity contribution is 6.13. The SMILES string of the molecule is C=C1/C=C(c2ccccc2)\C=C/CN(c2ccc3c(c2)c2ccccc2n3-c2ccccc2)c2ccc(-c3ccc4c(c3)c3cc(-c5ccccc5)ccc3n4-c3ccc(-c4nc5ccccc5n4-c4ccccc4)cc3)cc21. The van der Waals surface area contributed by atoms with Crippen molar-refractivity contribution in [1.29, 1.82) is 0 Å². The van der Waals surface area contributed by atoms with Crippen LogP contribution in [0.5, 0.6) is 0 Å². The molecule has 0 radical (unpaired) electrons. The number of hydrogen-bond acceptors (Lipinski definition) is 2. The molecule has 4 heterocycles. The zero-order chi connectivity index (χ0) is 52.4. The van der Waals surface area contributed by atoms with Crippen molar-refractivity contribution < 1.29 is 0 Å². The van der Waals surface area contributed by atoms with Crippen LogP contribution >= 0.6 is 0 Å². The fourth-order valence-electron chi connectivity index (χ4n) is 12.1. The molecule has 0 atom stereocenters. The Bertz CT molecular complexity index is 4730. The molecule has 372 valence electrons. The molecule has 0 saturated carbocycles. The Kier molecular flexibility index (Phi) is 11.0. The first-order chi connectivity index (χ1) is 39.1. The van der Waals surface area contributed by atoms with Crippen LogP contribution in [-0.2, 0) is 0 Å². The van der Waals surface area contributed by atoms with E-state index in [9.17, 15) is 0 Å². The monoisotopic (exact) mass is 1010 g/mol. The van der Waals surface area contributed by atoms with Gasteiger partial charge < -0.3 is 14.0 Å². The molecule has 0 bridgehead atoms. The summed E-state index contributed by atoms with van der Waals surface area (Å²) in [5, 5.41) is 4.81. The summed E-state index contributed by atoms with van der Waals surface area (Å²) in [4.78, 5) is 7.63. The lowest BCUT2D eigenvalue weighted by Crippen LogP contribution is -2.18. The summed E-state index contributed by atoms with van der Waals surface area (Å²) < 4.78 is 7.05. The van der Waals surface area contributed by atoms with Gasteiger partial charge in [-0.25, -0.2) is 4.98 Å². The van der Waals surface area contributed by atoms with Crippen LogP contribution in [0.1, 0.15) is 11.1 Å². The average Bonchev–Trinajstić information content (AvgIpc) is 4.19. The maximum Gasteiger partial charge on any atom is 0.145 e. The fraction of sp³-hybridized carbons (Fsp3) is 0.0135. The predicted octanol–water partition coefficient (Wildman–Crippen LogP) is 19.0. The lowest BCUT2D eigenvalue weighted by molar-refractivity contribution is 1.09. The molecule has 5 heteroatoms. The minimum Gasteiger partial charge on any atom is -0.337 e. The lowest BCUT2D eigenvalue weighted by Gasteiger charge is -2.27. The predicted molar refractivity (Wildman–Crippen MR) is 332 cm³/mol. The zero-order valence-corrected chi connectivity index (χ0v) is 43.3. The van der Waals surface area contributed by atoms with Gasteiger partial charge in [0.15, 0.2) is 0 Å². The number of imidazole rings is 1. The first-order valence-electron chi connectivity index (χ1n) is 27.0. The van der Waals surface area contributed by atoms with E-state index >= 15 is 0 Å². The maximum atomic E-state index is 5.18. The maximum absolute atomic E-state index is 5.18. The minimum atomic E-state index is 0.663. The van der Waals surface area contributed by atoms with Gasteiger partial charge in [0.2, 0.25) is 0 Å². The Morgan fingerprint density at radius 3 is 1.51 bits per heavy atom. The van der Waals surface area contributed by atoms with Crippen molar-refractivity contribution in [2.75, 3.05) is 11.4 Å². The lowest BCUT2D eigenvalue weighted by atomic mass is 9.94. The molecule has 0 N–H and O–H groups in total. The summed E-state index contributed by atoms with van der Waals surface area (Å²) in [7, 11) is 0. The molecule has 15 rings (SSSR count). The van der Waals surface area contributed by atoms with E-state index in [4.69, 9.17) is 11.6 Å². The summed E-state index contributed by atoms with van der Waals surface area (Å²) in [6.07, 6.45) is 6.79. The molecule has 5 nitrogen and oxygen atoms in total. The third-order valence-electron chi connectivity index (χ3n) is 15.8. The topological polar surface area (TPSA) is 30.9 Å². The molecular weight excluding hydrogens is 959 g/mol. The highest BCUT2D eigenvalue weighted by Gasteiger charge is 2.22. The minimum absolute atomic E-state index is 0.663. The normalized spacial score (nSPS) is 13.8. The molecule has 0 aliphatic carbocycles. The van der Waals surface area contributed by atoms with Gasteiger partial charge >= 0.3 is 0 Å². The summed E-state index contributed by atoms with van der Waals surface area (Å²) in [5.74, 6) is 0.910. The Morgan fingerprint density at radius 1 is 0.342 bits per heavy atom. The van der Waals surface area contributed by atoms with E-state index in [0.29, 0.717) is 6.54 Å². The van der Waals surface area contributed by atoms with Crippen LogP contribution in [-0.4, -0.2) is 25.2 Å². The first kappa shape index (κ1) is 45.9. The van der Waals surface area contributed by atoms with Crippen molar-refractivity contribution in [2.24, 2.45) is 0 Å². The van der Waals surface area contributed by atoms with Crippen molar-refractivity contribution in [3.05, 3.63) is 303 Å². The molecule has 0 spiro atoms. The van der Waals surface area contributed by atoms with Crippen molar-refractivity contribution >= 4 is 77.2 Å². The van der Waals surface area contributed by atoms with Crippen LogP contribution in [0, 0.1) is 0 Å². The second-order valence-electron chi connectivity index (χ2n) is 20.4. The standard InChI is InChI=1S/C74H51N5/c1-50-45-54(51-19-6-2-7-20-51)23-18-44-76(61-39-43-72-66(49-61)62-28-14-16-30-69(62)77(72)58-24-10-4-11-25-58)68-40-34-56(46-63(50)68)57-36-42-71-65(48-57)64-47-55(52-21-8-3-9-22-52)35-41-70(64)78(71)60-37-32-53(33-38-60)74-75-67-29-15-17-31-73(67)79(74)59-26-12-5-13-27-59/h2-43,45-49H,1,44H2/b23-18-,54-45+. The summed E-state index contributed by atoms with van der Waals surface area (Å²) in [6.45, 7) is 5.50. The van der Waals surface area contributed by atoms with Crippen LogP contribution in [0.15, 0.2) is 292 Å². The van der Waals surface area contributed by atoms with Crippen molar-refractivity contribution in [1.82, 2.24) is 18.7 Å². The van der Waals surface area contributed by atoms with Gasteiger partial charge in [0.25, 0.3) is 0 Å². The van der Waals surface area contributed by atoms with Crippen LogP contribution < -0.4 is 4.90 Å². The van der Waals surface area contributed by atoms with Gasteiger partial charge in [0.1, 0.15) is 5.82 Å². The van der Waals surface area contributed by atoms with Gasteiger partial charge in [0.05, 0.1) is 33.1 Å². The van der Waals surface area contributed by atoms with E-state index in [1.165, 1.54) is 43.7 Å². The van der Waals surface area contributed by atoms with Crippen LogP contribution in [0.25, 0.3) is 116 Å². The molecule has 0 amide bonds. The summed E-state index contributed by atoms with van der Waals surface area (Å²) in [6, 6.07) is 96.3. The number of rotatable bonds is 8. The summed E-state index contributed by atoms with van der Waals surface area (Å²) >= 11 is 0. The molecule has 0 unspecified atom stereocenters. The average molecular weight is 1010 g/mol. The van der Waals surface area contributed by atoms with Crippen LogP contribution in [0.4, 0.5) is 11.4 Å². The number of anilines is 2. The Balaban J connectivity index is 0.874. The quantitative estimate of drug-likeness (QED) is 0.152. The van der Waals surface area contributed by atoms with Gasteiger partial charge in [-0.15, -0.1) is 0 Å². The second-order valence-corrected chi connectivity index (χ2v) is 20.4. The highest BCUT2D eigenvalue weighted by Crippen LogP contribution is 2.43. The van der Waals surface area contributed by atoms with Gasteiger partial charge in [-0.3, -0.25) is 4.57 Å². The van der Waals surface area contributed by atoms with Crippen LogP contribution in [0.3, 0.4) is 0 Å². The highest BCUT2D eigenvalue weighted by atomic mass is 15.1. The molecular formula is C74H51N5. The fourth-order valence-corrected chi connectivity index (χ4v) is 12.1. The van der Waals surface area contributed by atoms with E-state index in [2.05, 4.69) is 304 Å². The molecule has 0 saturated heterocycles.